The summed E-state index contributed by atoms with van der Waals surface area (Å²) in [6, 6.07) is 14.7. The van der Waals surface area contributed by atoms with E-state index < -0.39 is 17.8 Å². The number of hydrogen-bond donors (Lipinski definition) is 3. The number of carbonyl (C=O) groups is 3. The molecule has 2 amide bonds. The zero-order valence-corrected chi connectivity index (χ0v) is 19.1. The monoisotopic (exact) mass is 479 g/mol. The highest BCUT2D eigenvalue weighted by Gasteiger charge is 2.51. The van der Waals surface area contributed by atoms with Gasteiger partial charge in [0.1, 0.15) is 0 Å². The number of carboxylic acid groups (broad SMARTS) is 1. The minimum atomic E-state index is -0.914. The quantitative estimate of drug-likeness (QED) is 0.340. The Morgan fingerprint density at radius 1 is 1.00 bits per heavy atom. The molecule has 2 aliphatic rings. The number of anilines is 2. The first kappa shape index (κ1) is 21.7. The molecule has 1 fully saturated rings. The lowest BCUT2D eigenvalue weighted by molar-refractivity contribution is -0.146. The predicted molar refractivity (Wildman–Crippen MR) is 129 cm³/mol. The summed E-state index contributed by atoms with van der Waals surface area (Å²) in [5.74, 6) is -2.34. The van der Waals surface area contributed by atoms with Gasteiger partial charge in [0.15, 0.2) is 4.34 Å². The fourth-order valence-electron chi connectivity index (χ4n) is 4.63. The zero-order valence-electron chi connectivity index (χ0n) is 17.4. The second-order valence-corrected chi connectivity index (χ2v) is 10.4. The Morgan fingerprint density at radius 2 is 1.76 bits per heavy atom. The Hall–Kier alpha value is -3.17. The van der Waals surface area contributed by atoms with Gasteiger partial charge in [0, 0.05) is 11.4 Å². The van der Waals surface area contributed by atoms with Gasteiger partial charge in [-0.3, -0.25) is 14.4 Å². The molecule has 7 nitrogen and oxygen atoms in total. The Bertz CT molecular complexity index is 1260. The van der Waals surface area contributed by atoms with Gasteiger partial charge in [-0.25, -0.2) is 4.98 Å². The van der Waals surface area contributed by atoms with Gasteiger partial charge in [0.2, 0.25) is 11.8 Å². The fourth-order valence-corrected chi connectivity index (χ4v) is 6.54. The van der Waals surface area contributed by atoms with Crippen LogP contribution in [0.4, 0.5) is 11.4 Å². The van der Waals surface area contributed by atoms with Gasteiger partial charge in [0.25, 0.3) is 0 Å². The number of carbonyl (C=O) groups excluding carboxylic acids is 2. The van der Waals surface area contributed by atoms with Crippen molar-refractivity contribution < 1.29 is 19.5 Å². The summed E-state index contributed by atoms with van der Waals surface area (Å²) >= 11 is 2.81. The molecule has 2 aliphatic carbocycles. The molecule has 33 heavy (non-hydrogen) atoms. The minimum Gasteiger partial charge on any atom is -0.481 e. The lowest BCUT2D eigenvalue weighted by Gasteiger charge is -2.23. The first-order valence-corrected chi connectivity index (χ1v) is 12.4. The second-order valence-electron chi connectivity index (χ2n) is 8.19. The molecule has 1 aromatic heterocycles. The first-order valence-electron chi connectivity index (χ1n) is 10.6. The third kappa shape index (κ3) is 4.51. The van der Waals surface area contributed by atoms with Crippen molar-refractivity contribution in [1.29, 1.82) is 0 Å². The van der Waals surface area contributed by atoms with Crippen molar-refractivity contribution in [3.63, 3.8) is 0 Å². The van der Waals surface area contributed by atoms with E-state index in [2.05, 4.69) is 15.6 Å². The highest BCUT2D eigenvalue weighted by molar-refractivity contribution is 8.01. The lowest BCUT2D eigenvalue weighted by Crippen LogP contribution is -2.36. The molecule has 2 aromatic carbocycles. The van der Waals surface area contributed by atoms with Crippen molar-refractivity contribution in [1.82, 2.24) is 4.98 Å². The zero-order chi connectivity index (χ0) is 22.9. The van der Waals surface area contributed by atoms with Crippen molar-refractivity contribution >= 4 is 62.5 Å². The molecule has 0 spiro atoms. The summed E-state index contributed by atoms with van der Waals surface area (Å²) in [5, 5.41) is 15.3. The van der Waals surface area contributed by atoms with E-state index in [4.69, 9.17) is 0 Å². The van der Waals surface area contributed by atoms with Gasteiger partial charge < -0.3 is 15.7 Å². The Labute approximate surface area is 198 Å². The average Bonchev–Trinajstić information content (AvgIpc) is 3.52. The molecule has 5 rings (SSSR count). The third-order valence-electron chi connectivity index (χ3n) is 6.07. The number of thiazole rings is 1. The average molecular weight is 480 g/mol. The molecule has 2 bridgehead atoms. The number of fused-ring (bicyclic) bond motifs is 3. The van der Waals surface area contributed by atoms with E-state index in [0.717, 1.165) is 26.7 Å². The largest absolute Gasteiger partial charge is 0.481 e. The van der Waals surface area contributed by atoms with Crippen LogP contribution in [0.3, 0.4) is 0 Å². The highest BCUT2D eigenvalue weighted by Crippen LogP contribution is 2.48. The van der Waals surface area contributed by atoms with Crippen molar-refractivity contribution in [2.75, 3.05) is 16.4 Å². The number of rotatable bonds is 7. The Balaban J connectivity index is 1.23. The molecular formula is C24H21N3O4S2. The SMILES string of the molecule is O=C(CSc1nc2ccc(NC(=O)[C@@H]3[C@H](C(=O)O)[C@H]4C=C[C@H]3C4)cc2s1)Nc1ccccc1. The summed E-state index contributed by atoms with van der Waals surface area (Å²) < 4.78 is 1.65. The van der Waals surface area contributed by atoms with Crippen molar-refractivity contribution in [3.8, 4) is 0 Å². The topological polar surface area (TPSA) is 108 Å². The van der Waals surface area contributed by atoms with Crippen molar-refractivity contribution in [2.24, 2.45) is 23.7 Å². The molecule has 9 heteroatoms. The molecule has 0 radical (unpaired) electrons. The van der Waals surface area contributed by atoms with Crippen LogP contribution >= 0.6 is 23.1 Å². The molecule has 168 valence electrons. The normalized spacial score (nSPS) is 23.0. The standard InChI is InChI=1S/C24H21N3O4S2/c28-19(25-15-4-2-1-3-5-15)12-32-24-27-17-9-8-16(11-18(17)33-24)26-22(29)20-13-6-7-14(10-13)21(20)23(30)31/h1-9,11,13-14,20-21H,10,12H2,(H,25,28)(H,26,29)(H,30,31)/t13-,14-,20-,21+/m0/s1. The Kier molecular flexibility index (Phi) is 5.90. The minimum absolute atomic E-state index is 0.0201. The fraction of sp³-hybridized carbons (Fsp3) is 0.250. The number of thioether (sulfide) groups is 1. The van der Waals surface area contributed by atoms with Crippen molar-refractivity contribution in [3.05, 3.63) is 60.7 Å². The second kappa shape index (κ2) is 8.99. The van der Waals surface area contributed by atoms with Gasteiger partial charge >= 0.3 is 5.97 Å². The summed E-state index contributed by atoms with van der Waals surface area (Å²) in [5.41, 5.74) is 2.16. The Morgan fingerprint density at radius 3 is 2.52 bits per heavy atom. The number of nitrogens with one attached hydrogen (secondary N) is 2. The number of para-hydroxylation sites is 1. The molecule has 0 unspecified atom stereocenters. The maximum absolute atomic E-state index is 12.9. The molecule has 0 aliphatic heterocycles. The van der Waals surface area contributed by atoms with Crippen LogP contribution in [-0.2, 0) is 14.4 Å². The van der Waals surface area contributed by atoms with Gasteiger partial charge in [-0.2, -0.15) is 0 Å². The number of nitrogens with zero attached hydrogens (tertiary/aromatic N) is 1. The first-order chi connectivity index (χ1) is 16.0. The van der Waals surface area contributed by atoms with E-state index >= 15 is 0 Å². The van der Waals surface area contributed by atoms with E-state index in [1.165, 1.54) is 23.1 Å². The van der Waals surface area contributed by atoms with E-state index in [-0.39, 0.29) is 29.4 Å². The van der Waals surface area contributed by atoms with E-state index in [0.29, 0.717) is 5.69 Å². The summed E-state index contributed by atoms with van der Waals surface area (Å²) in [4.78, 5) is 41.4. The molecule has 3 aromatic rings. The number of aromatic nitrogens is 1. The van der Waals surface area contributed by atoms with E-state index in [9.17, 15) is 19.5 Å². The van der Waals surface area contributed by atoms with Gasteiger partial charge in [-0.05, 0) is 48.6 Å². The maximum atomic E-state index is 12.9. The number of benzene rings is 2. The number of amides is 2. The number of hydrogen-bond acceptors (Lipinski definition) is 6. The third-order valence-corrected chi connectivity index (χ3v) is 8.23. The van der Waals surface area contributed by atoms with E-state index in [1.54, 1.807) is 6.07 Å². The predicted octanol–water partition coefficient (Wildman–Crippen LogP) is 4.49. The van der Waals surface area contributed by atoms with Crippen LogP contribution in [0.15, 0.2) is 65.0 Å². The summed E-state index contributed by atoms with van der Waals surface area (Å²) in [7, 11) is 0. The highest BCUT2D eigenvalue weighted by atomic mass is 32.2. The van der Waals surface area contributed by atoms with Gasteiger partial charge in [0.05, 0.1) is 27.8 Å². The molecule has 0 saturated heterocycles. The van der Waals surface area contributed by atoms with Gasteiger partial charge in [-0.15, -0.1) is 11.3 Å². The number of allylic oxidation sites excluding steroid dienone is 2. The van der Waals surface area contributed by atoms with Crippen LogP contribution in [0.25, 0.3) is 10.2 Å². The van der Waals surface area contributed by atoms with Crippen LogP contribution in [-0.4, -0.2) is 33.6 Å². The van der Waals surface area contributed by atoms with Crippen LogP contribution in [0.5, 0.6) is 0 Å². The van der Waals surface area contributed by atoms with Crippen LogP contribution in [0.1, 0.15) is 6.42 Å². The molecule has 3 N–H and O–H groups in total. The molecule has 4 atom stereocenters. The summed E-state index contributed by atoms with van der Waals surface area (Å²) in [6.45, 7) is 0. The lowest BCUT2D eigenvalue weighted by atomic mass is 9.82. The smallest absolute Gasteiger partial charge is 0.307 e. The maximum Gasteiger partial charge on any atom is 0.307 e. The molecule has 1 saturated carbocycles. The number of aliphatic carboxylic acids is 1. The van der Waals surface area contributed by atoms with Crippen LogP contribution in [0.2, 0.25) is 0 Å². The van der Waals surface area contributed by atoms with Crippen LogP contribution < -0.4 is 10.6 Å². The molecular weight excluding hydrogens is 458 g/mol. The number of carboxylic acids is 1. The molecule has 1 heterocycles. The summed E-state index contributed by atoms with van der Waals surface area (Å²) in [6.07, 6.45) is 4.62. The van der Waals surface area contributed by atoms with Crippen LogP contribution in [0, 0.1) is 23.7 Å². The van der Waals surface area contributed by atoms with E-state index in [1.807, 2.05) is 54.6 Å². The van der Waals surface area contributed by atoms with Gasteiger partial charge in [-0.1, -0.05) is 42.1 Å². The van der Waals surface area contributed by atoms with Crippen molar-refractivity contribution in [2.45, 2.75) is 10.8 Å².